The molecule has 3 aromatic rings. The van der Waals surface area contributed by atoms with E-state index in [2.05, 4.69) is 20.4 Å². The van der Waals surface area contributed by atoms with Crippen molar-refractivity contribution in [3.8, 4) is 11.3 Å². The van der Waals surface area contributed by atoms with Gasteiger partial charge in [0.05, 0.1) is 30.3 Å². The highest BCUT2D eigenvalue weighted by Gasteiger charge is 2.21. The molecule has 0 saturated carbocycles. The van der Waals surface area contributed by atoms with E-state index in [0.29, 0.717) is 12.1 Å². The predicted octanol–water partition coefficient (Wildman–Crippen LogP) is 3.28. The SMILES string of the molecule is O=C(CSc1ncc(-c2ccccc2)n1CC1CCCO1)NNC(=O)c1ccccc1. The molecule has 1 unspecified atom stereocenters. The smallest absolute Gasteiger partial charge is 0.269 e. The van der Waals surface area contributed by atoms with Gasteiger partial charge in [0.2, 0.25) is 5.91 Å². The van der Waals surface area contributed by atoms with Gasteiger partial charge in [-0.1, -0.05) is 60.3 Å². The van der Waals surface area contributed by atoms with Crippen LogP contribution in [0, 0.1) is 0 Å². The number of hydrogen-bond acceptors (Lipinski definition) is 5. The number of thioether (sulfide) groups is 1. The summed E-state index contributed by atoms with van der Waals surface area (Å²) in [5.74, 6) is -0.529. The summed E-state index contributed by atoms with van der Waals surface area (Å²) in [5, 5.41) is 0.749. The molecule has 160 valence electrons. The molecule has 1 saturated heterocycles. The van der Waals surface area contributed by atoms with Gasteiger partial charge in [-0.05, 0) is 30.5 Å². The van der Waals surface area contributed by atoms with E-state index < -0.39 is 0 Å². The monoisotopic (exact) mass is 436 g/mol. The second-order valence-electron chi connectivity index (χ2n) is 7.19. The van der Waals surface area contributed by atoms with Gasteiger partial charge in [0.25, 0.3) is 5.91 Å². The molecule has 2 amide bonds. The highest BCUT2D eigenvalue weighted by atomic mass is 32.2. The molecule has 0 radical (unpaired) electrons. The number of hydrogen-bond donors (Lipinski definition) is 2. The summed E-state index contributed by atoms with van der Waals surface area (Å²) in [5.41, 5.74) is 7.45. The minimum absolute atomic E-state index is 0.131. The van der Waals surface area contributed by atoms with Crippen molar-refractivity contribution in [2.75, 3.05) is 12.4 Å². The molecule has 1 aliphatic heterocycles. The Morgan fingerprint density at radius 2 is 1.81 bits per heavy atom. The van der Waals surface area contributed by atoms with Crippen LogP contribution in [0.5, 0.6) is 0 Å². The molecule has 4 rings (SSSR count). The molecule has 2 heterocycles. The topological polar surface area (TPSA) is 85.2 Å². The lowest BCUT2D eigenvalue weighted by atomic mass is 10.1. The summed E-state index contributed by atoms with van der Waals surface area (Å²) in [7, 11) is 0. The Balaban J connectivity index is 1.39. The molecule has 2 N–H and O–H groups in total. The Hall–Kier alpha value is -3.10. The Bertz CT molecular complexity index is 1020. The summed E-state index contributed by atoms with van der Waals surface area (Å²) >= 11 is 1.33. The number of ether oxygens (including phenoxy) is 1. The number of imidazole rings is 1. The van der Waals surface area contributed by atoms with Gasteiger partial charge in [-0.3, -0.25) is 20.4 Å². The van der Waals surface area contributed by atoms with Gasteiger partial charge in [0.15, 0.2) is 5.16 Å². The van der Waals surface area contributed by atoms with Crippen LogP contribution in [-0.2, 0) is 16.1 Å². The van der Waals surface area contributed by atoms with Crippen LogP contribution in [0.3, 0.4) is 0 Å². The molecule has 2 aromatic carbocycles. The standard InChI is InChI=1S/C23H24N4O3S/c28-21(25-26-22(29)18-10-5-2-6-11-18)16-31-23-24-14-20(17-8-3-1-4-9-17)27(23)15-19-12-7-13-30-19/h1-6,8-11,14,19H,7,12-13,15-16H2,(H,25,28)(H,26,29). The molecule has 1 aromatic heterocycles. The average molecular weight is 437 g/mol. The van der Waals surface area contributed by atoms with E-state index in [-0.39, 0.29) is 23.7 Å². The van der Waals surface area contributed by atoms with Crippen molar-refractivity contribution in [3.63, 3.8) is 0 Å². The summed E-state index contributed by atoms with van der Waals surface area (Å²) < 4.78 is 7.94. The van der Waals surface area contributed by atoms with E-state index in [9.17, 15) is 9.59 Å². The molecular formula is C23H24N4O3S. The van der Waals surface area contributed by atoms with Crippen LogP contribution in [0.1, 0.15) is 23.2 Å². The first-order chi connectivity index (χ1) is 15.2. The molecule has 1 aliphatic rings. The molecule has 0 aliphatic carbocycles. The Morgan fingerprint density at radius 1 is 1.06 bits per heavy atom. The molecule has 7 nitrogen and oxygen atoms in total. The number of hydrazine groups is 1. The van der Waals surface area contributed by atoms with Crippen LogP contribution >= 0.6 is 11.8 Å². The molecular weight excluding hydrogens is 412 g/mol. The van der Waals surface area contributed by atoms with Gasteiger partial charge in [0.1, 0.15) is 0 Å². The van der Waals surface area contributed by atoms with Crippen molar-refractivity contribution in [2.45, 2.75) is 30.6 Å². The number of rotatable bonds is 7. The third kappa shape index (κ3) is 5.53. The highest BCUT2D eigenvalue weighted by molar-refractivity contribution is 7.99. The van der Waals surface area contributed by atoms with E-state index in [4.69, 9.17) is 4.74 Å². The molecule has 31 heavy (non-hydrogen) atoms. The maximum absolute atomic E-state index is 12.3. The summed E-state index contributed by atoms with van der Waals surface area (Å²) in [4.78, 5) is 28.9. The van der Waals surface area contributed by atoms with Crippen LogP contribution in [0.25, 0.3) is 11.3 Å². The quantitative estimate of drug-likeness (QED) is 0.439. The Kier molecular flexibility index (Phi) is 7.01. The van der Waals surface area contributed by atoms with Crippen LogP contribution in [0.15, 0.2) is 72.0 Å². The van der Waals surface area contributed by atoms with Crippen molar-refractivity contribution in [1.29, 1.82) is 0 Å². The number of carbonyl (C=O) groups excluding carboxylic acids is 2. The lowest BCUT2D eigenvalue weighted by Gasteiger charge is -2.16. The molecule has 0 bridgehead atoms. The third-order valence-electron chi connectivity index (χ3n) is 4.98. The molecule has 0 spiro atoms. The van der Waals surface area contributed by atoms with Gasteiger partial charge < -0.3 is 9.30 Å². The number of aromatic nitrogens is 2. The lowest BCUT2D eigenvalue weighted by molar-refractivity contribution is -0.119. The minimum Gasteiger partial charge on any atom is -0.376 e. The second kappa shape index (κ2) is 10.3. The van der Waals surface area contributed by atoms with Crippen molar-refractivity contribution in [2.24, 2.45) is 0 Å². The van der Waals surface area contributed by atoms with Gasteiger partial charge >= 0.3 is 0 Å². The maximum atomic E-state index is 12.3. The van der Waals surface area contributed by atoms with E-state index in [1.807, 2.05) is 42.6 Å². The first-order valence-corrected chi connectivity index (χ1v) is 11.2. The van der Waals surface area contributed by atoms with Crippen molar-refractivity contribution >= 4 is 23.6 Å². The number of benzene rings is 2. The van der Waals surface area contributed by atoms with Crippen LogP contribution in [0.4, 0.5) is 0 Å². The van der Waals surface area contributed by atoms with Gasteiger partial charge in [0, 0.05) is 12.2 Å². The predicted molar refractivity (Wildman–Crippen MR) is 119 cm³/mol. The normalized spacial score (nSPS) is 15.5. The molecule has 1 fully saturated rings. The Morgan fingerprint density at radius 3 is 2.52 bits per heavy atom. The first kappa shape index (κ1) is 21.1. The third-order valence-corrected chi connectivity index (χ3v) is 5.97. The van der Waals surface area contributed by atoms with E-state index in [0.717, 1.165) is 35.9 Å². The number of nitrogens with one attached hydrogen (secondary N) is 2. The zero-order valence-corrected chi connectivity index (χ0v) is 17.8. The van der Waals surface area contributed by atoms with E-state index >= 15 is 0 Å². The number of amides is 2. The van der Waals surface area contributed by atoms with Crippen molar-refractivity contribution in [1.82, 2.24) is 20.4 Å². The zero-order valence-electron chi connectivity index (χ0n) is 17.0. The molecule has 1 atom stereocenters. The fourth-order valence-electron chi connectivity index (χ4n) is 3.44. The largest absolute Gasteiger partial charge is 0.376 e. The number of nitrogens with zero attached hydrogens (tertiary/aromatic N) is 2. The summed E-state index contributed by atoms with van der Waals surface area (Å²) in [6.45, 7) is 1.48. The van der Waals surface area contributed by atoms with Gasteiger partial charge in [-0.2, -0.15) is 0 Å². The van der Waals surface area contributed by atoms with Crippen LogP contribution < -0.4 is 10.9 Å². The lowest BCUT2D eigenvalue weighted by Crippen LogP contribution is -2.42. The fraction of sp³-hybridized carbons (Fsp3) is 0.261. The van der Waals surface area contributed by atoms with Gasteiger partial charge in [-0.25, -0.2) is 4.98 Å². The summed E-state index contributed by atoms with van der Waals surface area (Å²) in [6, 6.07) is 18.8. The fourth-order valence-corrected chi connectivity index (χ4v) is 4.22. The van der Waals surface area contributed by atoms with E-state index in [1.165, 1.54) is 11.8 Å². The number of carbonyl (C=O) groups is 2. The highest BCUT2D eigenvalue weighted by Crippen LogP contribution is 2.28. The van der Waals surface area contributed by atoms with E-state index in [1.54, 1.807) is 24.3 Å². The second-order valence-corrected chi connectivity index (χ2v) is 8.14. The molecule has 8 heteroatoms. The Labute approximate surface area is 185 Å². The minimum atomic E-state index is -0.356. The van der Waals surface area contributed by atoms with Crippen LogP contribution in [0.2, 0.25) is 0 Å². The maximum Gasteiger partial charge on any atom is 0.269 e. The first-order valence-electron chi connectivity index (χ1n) is 10.2. The van der Waals surface area contributed by atoms with Gasteiger partial charge in [-0.15, -0.1) is 0 Å². The van der Waals surface area contributed by atoms with Crippen molar-refractivity contribution < 1.29 is 14.3 Å². The zero-order chi connectivity index (χ0) is 21.5. The average Bonchev–Trinajstić information content (AvgIpc) is 3.47. The van der Waals surface area contributed by atoms with Crippen molar-refractivity contribution in [3.05, 3.63) is 72.4 Å². The van der Waals surface area contributed by atoms with Crippen LogP contribution in [-0.4, -0.2) is 39.8 Å². The summed E-state index contributed by atoms with van der Waals surface area (Å²) in [6.07, 6.45) is 4.06.